The van der Waals surface area contributed by atoms with Gasteiger partial charge >= 0.3 is 18.2 Å². The minimum absolute atomic E-state index is 0.00319. The maximum Gasteiger partial charge on any atom is 0.407 e. The van der Waals surface area contributed by atoms with E-state index in [9.17, 15) is 19.2 Å². The van der Waals surface area contributed by atoms with Gasteiger partial charge in [-0.1, -0.05) is 48.5 Å². The summed E-state index contributed by atoms with van der Waals surface area (Å²) in [6.45, 7) is 11.2. The molecule has 1 atom stereocenters. The predicted octanol–water partition coefficient (Wildman–Crippen LogP) is 6.56. The summed E-state index contributed by atoms with van der Waals surface area (Å²) in [5.74, 6) is -0.636. The molecule has 3 amide bonds. The predicted molar refractivity (Wildman–Crippen MR) is 182 cm³/mol. The highest BCUT2D eigenvalue weighted by Crippen LogP contribution is 2.44. The number of carbonyl (C=O) groups is 4. The largest absolute Gasteiger partial charge is 0.492 e. The molecule has 11 heteroatoms. The minimum Gasteiger partial charge on any atom is -0.492 e. The SMILES string of the molecule is CC(C)(C)OC(=O)CCC(NC(=O)OCC1c2ccccc2-c2ccccc21)C(=O)Nc1ccc(OCCNC(=O)OC(C)(C)C)cc1. The van der Waals surface area contributed by atoms with Crippen LogP contribution in [0, 0.1) is 0 Å². The lowest BCUT2D eigenvalue weighted by atomic mass is 9.98. The van der Waals surface area contributed by atoms with Crippen LogP contribution in [-0.2, 0) is 23.8 Å². The second kappa shape index (κ2) is 15.7. The Morgan fingerprint density at radius 3 is 1.92 bits per heavy atom. The van der Waals surface area contributed by atoms with E-state index in [-0.39, 0.29) is 38.5 Å². The smallest absolute Gasteiger partial charge is 0.407 e. The zero-order valence-electron chi connectivity index (χ0n) is 28.4. The molecule has 0 saturated heterocycles. The number of nitrogens with one attached hydrogen (secondary N) is 3. The fraction of sp³-hybridized carbons (Fsp3) is 0.405. The van der Waals surface area contributed by atoms with Crippen LogP contribution in [0.15, 0.2) is 72.8 Å². The van der Waals surface area contributed by atoms with Crippen molar-refractivity contribution in [3.63, 3.8) is 0 Å². The molecule has 1 aliphatic rings. The Morgan fingerprint density at radius 1 is 0.750 bits per heavy atom. The van der Waals surface area contributed by atoms with Crippen LogP contribution in [0.5, 0.6) is 5.75 Å². The molecular weight excluding hydrogens is 614 g/mol. The Balaban J connectivity index is 1.34. The standard InChI is InChI=1S/C37H45N3O8/c1-36(2,3)47-32(41)20-19-31(33(42)39-24-15-17-25(18-16-24)45-22-21-38-34(43)48-37(4,5)6)40-35(44)46-23-30-28-13-9-7-11-26(28)27-12-8-10-14-29(27)30/h7-18,30-31H,19-23H2,1-6H3,(H,38,43)(H,39,42)(H,40,44). The van der Waals surface area contributed by atoms with Crippen molar-refractivity contribution in [1.82, 2.24) is 10.6 Å². The summed E-state index contributed by atoms with van der Waals surface area (Å²) in [6, 6.07) is 21.6. The van der Waals surface area contributed by atoms with Crippen molar-refractivity contribution in [1.29, 1.82) is 0 Å². The molecule has 0 heterocycles. The van der Waals surface area contributed by atoms with Crippen molar-refractivity contribution < 1.29 is 38.1 Å². The van der Waals surface area contributed by atoms with Gasteiger partial charge in [-0.3, -0.25) is 9.59 Å². The fourth-order valence-electron chi connectivity index (χ4n) is 5.21. The number of rotatable bonds is 12. The second-order valence-electron chi connectivity index (χ2n) is 13.4. The quantitative estimate of drug-likeness (QED) is 0.113. The molecule has 3 aromatic carbocycles. The van der Waals surface area contributed by atoms with Crippen molar-refractivity contribution >= 4 is 29.8 Å². The summed E-state index contributed by atoms with van der Waals surface area (Å²) in [5.41, 5.74) is 3.51. The average Bonchev–Trinajstić information content (AvgIpc) is 3.33. The van der Waals surface area contributed by atoms with E-state index in [2.05, 4.69) is 16.0 Å². The van der Waals surface area contributed by atoms with Gasteiger partial charge in [0, 0.05) is 18.0 Å². The van der Waals surface area contributed by atoms with Gasteiger partial charge in [-0.05, 0) is 94.5 Å². The number of ether oxygens (including phenoxy) is 4. The van der Waals surface area contributed by atoms with Gasteiger partial charge in [0.2, 0.25) is 5.91 Å². The molecule has 1 unspecified atom stereocenters. The Bertz CT molecular complexity index is 1550. The summed E-state index contributed by atoms with van der Waals surface area (Å²) in [6.07, 6.45) is -1.40. The molecule has 256 valence electrons. The normalized spacial score (nSPS) is 13.0. The Kier molecular flexibility index (Phi) is 11.7. The molecule has 3 N–H and O–H groups in total. The Labute approximate surface area is 281 Å². The van der Waals surface area contributed by atoms with Gasteiger partial charge in [0.15, 0.2) is 0 Å². The van der Waals surface area contributed by atoms with Gasteiger partial charge in [0.05, 0.1) is 6.54 Å². The van der Waals surface area contributed by atoms with Crippen molar-refractivity contribution in [3.05, 3.63) is 83.9 Å². The van der Waals surface area contributed by atoms with Gasteiger partial charge in [-0.15, -0.1) is 0 Å². The van der Waals surface area contributed by atoms with Crippen molar-refractivity contribution in [2.45, 2.75) is 77.5 Å². The number of benzene rings is 3. The van der Waals surface area contributed by atoms with E-state index in [0.29, 0.717) is 11.4 Å². The second-order valence-corrected chi connectivity index (χ2v) is 13.4. The highest BCUT2D eigenvalue weighted by atomic mass is 16.6. The van der Waals surface area contributed by atoms with Gasteiger partial charge in [0.25, 0.3) is 0 Å². The van der Waals surface area contributed by atoms with Gasteiger partial charge in [-0.25, -0.2) is 9.59 Å². The number of alkyl carbamates (subject to hydrolysis) is 2. The summed E-state index contributed by atoms with van der Waals surface area (Å²) >= 11 is 0. The first-order chi connectivity index (χ1) is 22.7. The van der Waals surface area contributed by atoms with Crippen LogP contribution in [0.4, 0.5) is 15.3 Å². The first kappa shape index (κ1) is 35.8. The zero-order valence-corrected chi connectivity index (χ0v) is 28.4. The van der Waals surface area contributed by atoms with Crippen molar-refractivity contribution in [3.8, 4) is 16.9 Å². The maximum absolute atomic E-state index is 13.4. The third kappa shape index (κ3) is 10.8. The third-order valence-electron chi connectivity index (χ3n) is 7.17. The lowest BCUT2D eigenvalue weighted by molar-refractivity contribution is -0.155. The summed E-state index contributed by atoms with van der Waals surface area (Å²) in [7, 11) is 0. The molecule has 3 aromatic rings. The Morgan fingerprint density at radius 2 is 1.33 bits per heavy atom. The fourth-order valence-corrected chi connectivity index (χ4v) is 5.21. The third-order valence-corrected chi connectivity index (χ3v) is 7.17. The number of amides is 3. The molecule has 4 rings (SSSR count). The molecule has 1 aliphatic carbocycles. The first-order valence-electron chi connectivity index (χ1n) is 16.0. The van der Waals surface area contributed by atoms with Crippen molar-refractivity contribution in [2.24, 2.45) is 0 Å². The monoisotopic (exact) mass is 659 g/mol. The van der Waals surface area contributed by atoms with E-state index in [1.165, 1.54) is 0 Å². The van der Waals surface area contributed by atoms with Gasteiger partial charge < -0.3 is 34.9 Å². The number of fused-ring (bicyclic) bond motifs is 3. The molecule has 0 bridgehead atoms. The molecular formula is C37H45N3O8. The highest BCUT2D eigenvalue weighted by Gasteiger charge is 2.30. The summed E-state index contributed by atoms with van der Waals surface area (Å²) < 4.78 is 21.9. The van der Waals surface area contributed by atoms with Crippen LogP contribution in [0.25, 0.3) is 11.1 Å². The van der Waals surface area contributed by atoms with Crippen molar-refractivity contribution in [2.75, 3.05) is 25.1 Å². The Hall–Kier alpha value is -5.06. The molecule has 0 radical (unpaired) electrons. The van der Waals surface area contributed by atoms with Crippen LogP contribution in [-0.4, -0.2) is 61.1 Å². The molecule has 0 aromatic heterocycles. The summed E-state index contributed by atoms with van der Waals surface area (Å²) in [5, 5.41) is 8.05. The lowest BCUT2D eigenvalue weighted by Crippen LogP contribution is -2.44. The topological polar surface area (TPSA) is 141 Å². The van der Waals surface area contributed by atoms with E-state index in [1.807, 2.05) is 48.5 Å². The van der Waals surface area contributed by atoms with E-state index in [0.717, 1.165) is 22.3 Å². The molecule has 0 saturated carbocycles. The lowest BCUT2D eigenvalue weighted by Gasteiger charge is -2.22. The number of hydrogen-bond acceptors (Lipinski definition) is 8. The molecule has 0 aliphatic heterocycles. The molecule has 11 nitrogen and oxygen atoms in total. The maximum atomic E-state index is 13.4. The summed E-state index contributed by atoms with van der Waals surface area (Å²) in [4.78, 5) is 50.7. The minimum atomic E-state index is -1.08. The van der Waals surface area contributed by atoms with Crippen LogP contribution < -0.4 is 20.7 Å². The van der Waals surface area contributed by atoms with Gasteiger partial charge in [-0.2, -0.15) is 0 Å². The number of esters is 1. The molecule has 0 fully saturated rings. The van der Waals surface area contributed by atoms with E-state index in [1.54, 1.807) is 65.8 Å². The number of anilines is 1. The number of carbonyl (C=O) groups excluding carboxylic acids is 4. The van der Waals surface area contributed by atoms with Crippen LogP contribution in [0.2, 0.25) is 0 Å². The van der Waals surface area contributed by atoms with E-state index < -0.39 is 41.3 Å². The van der Waals surface area contributed by atoms with Crippen LogP contribution in [0.1, 0.15) is 71.4 Å². The zero-order chi connectivity index (χ0) is 34.9. The van der Waals surface area contributed by atoms with Crippen LogP contribution >= 0.6 is 0 Å². The number of hydrogen-bond donors (Lipinski definition) is 3. The van der Waals surface area contributed by atoms with E-state index in [4.69, 9.17) is 18.9 Å². The first-order valence-corrected chi connectivity index (χ1v) is 16.0. The molecule has 48 heavy (non-hydrogen) atoms. The van der Waals surface area contributed by atoms with E-state index >= 15 is 0 Å². The highest BCUT2D eigenvalue weighted by molar-refractivity contribution is 5.96. The van der Waals surface area contributed by atoms with Gasteiger partial charge in [0.1, 0.15) is 36.2 Å². The molecule has 0 spiro atoms. The average molecular weight is 660 g/mol. The van der Waals surface area contributed by atoms with Crippen LogP contribution in [0.3, 0.4) is 0 Å².